The third-order valence-electron chi connectivity index (χ3n) is 4.92. The minimum atomic E-state index is -0.563. The first-order valence-electron chi connectivity index (χ1n) is 10.7. The summed E-state index contributed by atoms with van der Waals surface area (Å²) in [5.41, 5.74) is 3.12. The van der Waals surface area contributed by atoms with Crippen molar-refractivity contribution in [3.8, 4) is 11.1 Å². The Hall–Kier alpha value is -3.08. The number of fused-ring (bicyclic) bond motifs is 1. The molecule has 0 fully saturated rings. The SMILES string of the molecule is Cc1ccccc1-c1cc(=O)oc2cc(N[C@@H](CC(C)C)C(=O)OC(C)(C)C)ccc12. The Labute approximate surface area is 183 Å². The fourth-order valence-corrected chi connectivity index (χ4v) is 3.61. The summed E-state index contributed by atoms with van der Waals surface area (Å²) >= 11 is 0. The van der Waals surface area contributed by atoms with Gasteiger partial charge in [-0.2, -0.15) is 0 Å². The van der Waals surface area contributed by atoms with Gasteiger partial charge in [0, 0.05) is 28.8 Å². The zero-order valence-corrected chi connectivity index (χ0v) is 19.1. The highest BCUT2D eigenvalue weighted by Gasteiger charge is 2.26. The molecule has 0 radical (unpaired) electrons. The van der Waals surface area contributed by atoms with Crippen LogP contribution in [0.5, 0.6) is 0 Å². The Kier molecular flexibility index (Phi) is 6.54. The van der Waals surface area contributed by atoms with E-state index in [4.69, 9.17) is 9.15 Å². The predicted octanol–water partition coefficient (Wildman–Crippen LogP) is 5.94. The van der Waals surface area contributed by atoms with E-state index < -0.39 is 17.3 Å². The number of ether oxygens (including phenoxy) is 1. The van der Waals surface area contributed by atoms with Crippen molar-refractivity contribution in [2.45, 2.75) is 59.6 Å². The third kappa shape index (κ3) is 5.75. The molecule has 5 heteroatoms. The van der Waals surface area contributed by atoms with Crippen LogP contribution in [-0.4, -0.2) is 17.6 Å². The Morgan fingerprint density at radius 2 is 1.77 bits per heavy atom. The van der Waals surface area contributed by atoms with Crippen LogP contribution in [0, 0.1) is 12.8 Å². The summed E-state index contributed by atoms with van der Waals surface area (Å²) in [6.07, 6.45) is 0.625. The topological polar surface area (TPSA) is 68.5 Å². The lowest BCUT2D eigenvalue weighted by Gasteiger charge is -2.26. The Morgan fingerprint density at radius 1 is 1.06 bits per heavy atom. The highest BCUT2D eigenvalue weighted by molar-refractivity contribution is 5.95. The molecule has 0 spiro atoms. The van der Waals surface area contributed by atoms with Gasteiger partial charge in [-0.25, -0.2) is 9.59 Å². The second-order valence-electron chi connectivity index (χ2n) is 9.36. The van der Waals surface area contributed by atoms with Gasteiger partial charge in [0.2, 0.25) is 0 Å². The fraction of sp³-hybridized carbons (Fsp3) is 0.385. The molecular formula is C26H31NO4. The molecule has 1 aromatic heterocycles. The van der Waals surface area contributed by atoms with Crippen LogP contribution >= 0.6 is 0 Å². The smallest absolute Gasteiger partial charge is 0.336 e. The van der Waals surface area contributed by atoms with Crippen molar-refractivity contribution in [3.63, 3.8) is 0 Å². The molecule has 0 bridgehead atoms. The molecule has 5 nitrogen and oxygen atoms in total. The maximum atomic E-state index is 12.7. The number of hydrogen-bond acceptors (Lipinski definition) is 5. The van der Waals surface area contributed by atoms with E-state index in [2.05, 4.69) is 19.2 Å². The highest BCUT2D eigenvalue weighted by atomic mass is 16.6. The quantitative estimate of drug-likeness (QED) is 0.394. The summed E-state index contributed by atoms with van der Waals surface area (Å²) in [6.45, 7) is 11.7. The molecule has 3 aromatic rings. The molecule has 0 unspecified atom stereocenters. The molecule has 1 heterocycles. The van der Waals surface area contributed by atoms with Gasteiger partial charge in [0.1, 0.15) is 17.2 Å². The molecular weight excluding hydrogens is 390 g/mol. The number of carbonyl (C=O) groups excluding carboxylic acids is 1. The zero-order chi connectivity index (χ0) is 22.8. The lowest BCUT2D eigenvalue weighted by atomic mass is 9.97. The second-order valence-corrected chi connectivity index (χ2v) is 9.36. The summed E-state index contributed by atoms with van der Waals surface area (Å²) in [6, 6.07) is 14.6. The largest absolute Gasteiger partial charge is 0.458 e. The summed E-state index contributed by atoms with van der Waals surface area (Å²) in [5, 5.41) is 4.12. The summed E-state index contributed by atoms with van der Waals surface area (Å²) in [7, 11) is 0. The van der Waals surface area contributed by atoms with E-state index in [0.29, 0.717) is 23.6 Å². The van der Waals surface area contributed by atoms with Gasteiger partial charge in [-0.1, -0.05) is 38.1 Å². The molecule has 3 rings (SSSR count). The van der Waals surface area contributed by atoms with Crippen LogP contribution in [0.15, 0.2) is 57.7 Å². The Morgan fingerprint density at radius 3 is 2.42 bits per heavy atom. The van der Waals surface area contributed by atoms with Crippen LogP contribution < -0.4 is 10.9 Å². The monoisotopic (exact) mass is 421 g/mol. The number of nitrogens with one attached hydrogen (secondary N) is 1. The fourth-order valence-electron chi connectivity index (χ4n) is 3.61. The van der Waals surface area contributed by atoms with Gasteiger partial charge in [-0.15, -0.1) is 0 Å². The van der Waals surface area contributed by atoms with Crippen LogP contribution in [0.3, 0.4) is 0 Å². The summed E-state index contributed by atoms with van der Waals surface area (Å²) in [5.74, 6) is 0.00692. The van der Waals surface area contributed by atoms with Crippen molar-refractivity contribution in [1.82, 2.24) is 0 Å². The van der Waals surface area contributed by atoms with Gasteiger partial charge in [0.05, 0.1) is 0 Å². The minimum absolute atomic E-state index is 0.295. The average Bonchev–Trinajstić information content (AvgIpc) is 2.65. The first kappa shape index (κ1) is 22.6. The first-order chi connectivity index (χ1) is 14.5. The number of aryl methyl sites for hydroxylation is 1. The van der Waals surface area contributed by atoms with E-state index in [1.165, 1.54) is 6.07 Å². The lowest BCUT2D eigenvalue weighted by molar-refractivity contribution is -0.156. The van der Waals surface area contributed by atoms with Gasteiger partial charge in [-0.05, 0) is 63.3 Å². The molecule has 31 heavy (non-hydrogen) atoms. The van der Waals surface area contributed by atoms with Gasteiger partial charge in [0.15, 0.2) is 0 Å². The normalized spacial score (nSPS) is 12.7. The van der Waals surface area contributed by atoms with Crippen molar-refractivity contribution < 1.29 is 13.9 Å². The molecule has 2 aromatic carbocycles. The van der Waals surface area contributed by atoms with Crippen molar-refractivity contribution >= 4 is 22.6 Å². The number of hydrogen-bond donors (Lipinski definition) is 1. The Bertz CT molecular complexity index is 1140. The highest BCUT2D eigenvalue weighted by Crippen LogP contribution is 2.31. The number of esters is 1. The molecule has 0 saturated heterocycles. The first-order valence-corrected chi connectivity index (χ1v) is 10.7. The second kappa shape index (κ2) is 8.96. The standard InChI is InChI=1S/C26H31NO4/c1-16(2)13-22(25(29)31-26(4,5)6)27-18-11-12-20-21(15-24(28)30-23(20)14-18)19-10-8-7-9-17(19)3/h7-12,14-16,22,27H,13H2,1-6H3/t22-/m0/s1. The van der Waals surface area contributed by atoms with E-state index in [0.717, 1.165) is 22.1 Å². The van der Waals surface area contributed by atoms with E-state index in [-0.39, 0.29) is 5.97 Å². The number of anilines is 1. The van der Waals surface area contributed by atoms with Crippen LogP contribution in [0.4, 0.5) is 5.69 Å². The molecule has 0 saturated carbocycles. The van der Waals surface area contributed by atoms with E-state index >= 15 is 0 Å². The van der Waals surface area contributed by atoms with Gasteiger partial charge >= 0.3 is 11.6 Å². The lowest BCUT2D eigenvalue weighted by Crippen LogP contribution is -2.37. The number of rotatable bonds is 6. The predicted molar refractivity (Wildman–Crippen MR) is 125 cm³/mol. The molecule has 0 amide bonds. The van der Waals surface area contributed by atoms with E-state index in [1.807, 2.05) is 64.1 Å². The van der Waals surface area contributed by atoms with Crippen LogP contribution in [0.2, 0.25) is 0 Å². The molecule has 0 aliphatic carbocycles. The van der Waals surface area contributed by atoms with Crippen molar-refractivity contribution in [1.29, 1.82) is 0 Å². The van der Waals surface area contributed by atoms with Crippen molar-refractivity contribution in [2.24, 2.45) is 5.92 Å². The molecule has 164 valence electrons. The van der Waals surface area contributed by atoms with E-state index in [1.54, 1.807) is 6.07 Å². The molecule has 0 aliphatic heterocycles. The van der Waals surface area contributed by atoms with Gasteiger partial charge in [0.25, 0.3) is 0 Å². The number of carbonyl (C=O) groups is 1. The third-order valence-corrected chi connectivity index (χ3v) is 4.92. The summed E-state index contributed by atoms with van der Waals surface area (Å²) < 4.78 is 11.1. The van der Waals surface area contributed by atoms with Crippen LogP contribution in [0.1, 0.15) is 46.6 Å². The summed E-state index contributed by atoms with van der Waals surface area (Å²) in [4.78, 5) is 25.0. The van der Waals surface area contributed by atoms with Gasteiger partial charge in [-0.3, -0.25) is 0 Å². The zero-order valence-electron chi connectivity index (χ0n) is 19.1. The van der Waals surface area contributed by atoms with Crippen LogP contribution in [0.25, 0.3) is 22.1 Å². The molecule has 0 aliphatic rings. The maximum Gasteiger partial charge on any atom is 0.336 e. The number of benzene rings is 2. The minimum Gasteiger partial charge on any atom is -0.458 e. The maximum absolute atomic E-state index is 12.7. The Balaban J connectivity index is 1.99. The van der Waals surface area contributed by atoms with Crippen molar-refractivity contribution in [2.75, 3.05) is 5.32 Å². The average molecular weight is 422 g/mol. The van der Waals surface area contributed by atoms with Gasteiger partial charge < -0.3 is 14.5 Å². The van der Waals surface area contributed by atoms with Crippen LogP contribution in [-0.2, 0) is 9.53 Å². The van der Waals surface area contributed by atoms with Crippen molar-refractivity contribution in [3.05, 3.63) is 64.5 Å². The van der Waals surface area contributed by atoms with E-state index in [9.17, 15) is 9.59 Å². The molecule has 1 N–H and O–H groups in total. The molecule has 1 atom stereocenters.